The molecular formula is C19H28N4O. The van der Waals surface area contributed by atoms with Gasteiger partial charge in [0.05, 0.1) is 0 Å². The third kappa shape index (κ3) is 3.55. The van der Waals surface area contributed by atoms with Crippen LogP contribution in [0.15, 0.2) is 29.3 Å². The van der Waals surface area contributed by atoms with E-state index in [-0.39, 0.29) is 17.9 Å². The van der Waals surface area contributed by atoms with Crippen LogP contribution < -0.4 is 10.6 Å². The number of benzene rings is 1. The second kappa shape index (κ2) is 7.24. The fourth-order valence-corrected chi connectivity index (χ4v) is 3.60. The molecule has 1 fully saturated rings. The van der Waals surface area contributed by atoms with E-state index in [0.29, 0.717) is 5.92 Å². The van der Waals surface area contributed by atoms with Crippen LogP contribution in [-0.4, -0.2) is 49.5 Å². The van der Waals surface area contributed by atoms with Crippen LogP contribution in [0.5, 0.6) is 0 Å². The largest absolute Gasteiger partial charge is 0.356 e. The first kappa shape index (κ1) is 16.8. The summed E-state index contributed by atoms with van der Waals surface area (Å²) in [5, 5.41) is 6.90. The molecular weight excluding hydrogens is 300 g/mol. The molecule has 130 valence electrons. The van der Waals surface area contributed by atoms with Crippen molar-refractivity contribution in [1.82, 2.24) is 15.5 Å². The summed E-state index contributed by atoms with van der Waals surface area (Å²) in [6, 6.07) is 8.92. The van der Waals surface area contributed by atoms with E-state index in [4.69, 9.17) is 0 Å². The average Bonchev–Trinajstić information content (AvgIpc) is 3.02. The van der Waals surface area contributed by atoms with Gasteiger partial charge in [0, 0.05) is 44.6 Å². The number of carbonyl (C=O) groups is 1. The van der Waals surface area contributed by atoms with Gasteiger partial charge in [0.15, 0.2) is 5.96 Å². The summed E-state index contributed by atoms with van der Waals surface area (Å²) in [5.74, 6) is 1.72. The molecule has 0 aromatic heterocycles. The zero-order chi connectivity index (χ0) is 17.1. The smallest absolute Gasteiger partial charge is 0.225 e. The van der Waals surface area contributed by atoms with Crippen molar-refractivity contribution < 1.29 is 4.79 Å². The van der Waals surface area contributed by atoms with Crippen molar-refractivity contribution in [2.24, 2.45) is 10.9 Å². The maximum atomic E-state index is 12.1. The van der Waals surface area contributed by atoms with Crippen LogP contribution in [0.4, 0.5) is 0 Å². The van der Waals surface area contributed by atoms with E-state index < -0.39 is 0 Å². The van der Waals surface area contributed by atoms with Crippen molar-refractivity contribution in [1.29, 1.82) is 0 Å². The molecule has 1 heterocycles. The molecule has 3 rings (SSSR count). The lowest BCUT2D eigenvalue weighted by Crippen LogP contribution is -2.47. The first-order valence-electron chi connectivity index (χ1n) is 8.92. The Labute approximate surface area is 144 Å². The van der Waals surface area contributed by atoms with E-state index in [2.05, 4.69) is 39.9 Å². The minimum Gasteiger partial charge on any atom is -0.356 e. The summed E-state index contributed by atoms with van der Waals surface area (Å²) in [7, 11) is 1.80. The Morgan fingerprint density at radius 1 is 1.38 bits per heavy atom. The Bertz CT molecular complexity index is 626. The van der Waals surface area contributed by atoms with Crippen molar-refractivity contribution in [2.75, 3.05) is 26.7 Å². The van der Waals surface area contributed by atoms with Gasteiger partial charge in [-0.05, 0) is 24.0 Å². The third-order valence-electron chi connectivity index (χ3n) is 5.04. The third-order valence-corrected chi connectivity index (χ3v) is 5.04. The highest BCUT2D eigenvalue weighted by Crippen LogP contribution is 2.33. The molecule has 1 aromatic carbocycles. The highest BCUT2D eigenvalue weighted by atomic mass is 16.2. The number of likely N-dealkylation sites (tertiary alicyclic amines) is 1. The van der Waals surface area contributed by atoms with E-state index >= 15 is 0 Å². The van der Waals surface area contributed by atoms with Crippen LogP contribution in [0.25, 0.3) is 0 Å². The van der Waals surface area contributed by atoms with Crippen molar-refractivity contribution in [3.05, 3.63) is 35.4 Å². The molecule has 0 spiro atoms. The molecule has 1 saturated heterocycles. The van der Waals surface area contributed by atoms with E-state index in [1.54, 1.807) is 7.05 Å². The van der Waals surface area contributed by atoms with Gasteiger partial charge in [-0.3, -0.25) is 9.79 Å². The first-order chi connectivity index (χ1) is 11.6. The summed E-state index contributed by atoms with van der Waals surface area (Å²) < 4.78 is 0. The number of carbonyl (C=O) groups excluding carboxylic acids is 1. The summed E-state index contributed by atoms with van der Waals surface area (Å²) >= 11 is 0. The molecule has 1 amide bonds. The molecule has 0 saturated carbocycles. The van der Waals surface area contributed by atoms with Crippen LogP contribution >= 0.6 is 0 Å². The van der Waals surface area contributed by atoms with Gasteiger partial charge in [0.25, 0.3) is 0 Å². The maximum absolute atomic E-state index is 12.1. The SMILES string of the molecule is CN=C(NCC1Cc2ccccc21)NC1CCN(C(=O)C(C)C)C1. The molecule has 2 atom stereocenters. The number of hydrogen-bond donors (Lipinski definition) is 2. The second-order valence-corrected chi connectivity index (χ2v) is 7.12. The standard InChI is InChI=1S/C19H28N4O/c1-13(2)18(24)23-9-8-16(12-23)22-19(20-3)21-11-15-10-14-6-4-5-7-17(14)15/h4-7,13,15-16H,8-12H2,1-3H3,(H2,20,21,22). The second-order valence-electron chi connectivity index (χ2n) is 7.12. The number of nitrogens with one attached hydrogen (secondary N) is 2. The van der Waals surface area contributed by atoms with Gasteiger partial charge in [0.1, 0.15) is 0 Å². The van der Waals surface area contributed by atoms with Gasteiger partial charge in [-0.2, -0.15) is 0 Å². The van der Waals surface area contributed by atoms with Crippen LogP contribution in [0.1, 0.15) is 37.3 Å². The van der Waals surface area contributed by atoms with E-state index in [1.165, 1.54) is 11.1 Å². The Balaban J connectivity index is 1.46. The van der Waals surface area contributed by atoms with E-state index in [9.17, 15) is 4.79 Å². The average molecular weight is 328 g/mol. The Morgan fingerprint density at radius 3 is 2.88 bits per heavy atom. The van der Waals surface area contributed by atoms with Crippen LogP contribution in [0, 0.1) is 5.92 Å². The molecule has 5 nitrogen and oxygen atoms in total. The van der Waals surface area contributed by atoms with Crippen molar-refractivity contribution in [2.45, 2.75) is 38.6 Å². The highest BCUT2D eigenvalue weighted by Gasteiger charge is 2.29. The van der Waals surface area contributed by atoms with Crippen molar-refractivity contribution >= 4 is 11.9 Å². The molecule has 0 bridgehead atoms. The van der Waals surface area contributed by atoms with Gasteiger partial charge in [-0.15, -0.1) is 0 Å². The molecule has 2 unspecified atom stereocenters. The molecule has 2 N–H and O–H groups in total. The predicted octanol–water partition coefficient (Wildman–Crippen LogP) is 1.75. The van der Waals surface area contributed by atoms with Crippen LogP contribution in [0.3, 0.4) is 0 Å². The van der Waals surface area contributed by atoms with Gasteiger partial charge < -0.3 is 15.5 Å². The molecule has 1 aliphatic carbocycles. The lowest BCUT2D eigenvalue weighted by molar-refractivity contribution is -0.133. The molecule has 1 aliphatic heterocycles. The Hall–Kier alpha value is -2.04. The summed E-state index contributed by atoms with van der Waals surface area (Å²) in [6.07, 6.45) is 2.12. The van der Waals surface area contributed by atoms with Crippen LogP contribution in [-0.2, 0) is 11.2 Å². The summed E-state index contributed by atoms with van der Waals surface area (Å²) in [6.45, 7) is 6.42. The lowest BCUT2D eigenvalue weighted by atomic mass is 9.78. The zero-order valence-electron chi connectivity index (χ0n) is 14.9. The minimum absolute atomic E-state index is 0.0693. The fourth-order valence-electron chi connectivity index (χ4n) is 3.60. The topological polar surface area (TPSA) is 56.7 Å². The number of amides is 1. The highest BCUT2D eigenvalue weighted by molar-refractivity contribution is 5.81. The van der Waals surface area contributed by atoms with Crippen molar-refractivity contribution in [3.8, 4) is 0 Å². The van der Waals surface area contributed by atoms with Gasteiger partial charge in [0.2, 0.25) is 5.91 Å². The molecule has 24 heavy (non-hydrogen) atoms. The number of rotatable bonds is 4. The van der Waals surface area contributed by atoms with Crippen LogP contribution in [0.2, 0.25) is 0 Å². The minimum atomic E-state index is 0.0693. The number of hydrogen-bond acceptors (Lipinski definition) is 2. The van der Waals surface area contributed by atoms with Gasteiger partial charge >= 0.3 is 0 Å². The monoisotopic (exact) mass is 328 g/mol. The number of nitrogens with zero attached hydrogens (tertiary/aromatic N) is 2. The molecule has 2 aliphatic rings. The van der Waals surface area contributed by atoms with E-state index in [1.807, 2.05) is 18.7 Å². The fraction of sp³-hybridized carbons (Fsp3) is 0.579. The Kier molecular flexibility index (Phi) is 5.07. The maximum Gasteiger partial charge on any atom is 0.225 e. The number of aliphatic imine (C=N–C) groups is 1. The summed E-state index contributed by atoms with van der Waals surface area (Å²) in [5.41, 5.74) is 2.92. The Morgan fingerprint density at radius 2 is 2.17 bits per heavy atom. The van der Waals surface area contributed by atoms with Gasteiger partial charge in [-0.1, -0.05) is 38.1 Å². The molecule has 5 heteroatoms. The number of guanidine groups is 1. The normalized spacial score (nSPS) is 23.0. The molecule has 0 radical (unpaired) electrons. The van der Waals surface area contributed by atoms with Crippen molar-refractivity contribution in [3.63, 3.8) is 0 Å². The molecule has 1 aromatic rings. The zero-order valence-corrected chi connectivity index (χ0v) is 14.9. The van der Waals surface area contributed by atoms with E-state index in [0.717, 1.165) is 38.4 Å². The summed E-state index contributed by atoms with van der Waals surface area (Å²) in [4.78, 5) is 18.4. The number of fused-ring (bicyclic) bond motifs is 1. The first-order valence-corrected chi connectivity index (χ1v) is 8.92. The lowest BCUT2D eigenvalue weighted by Gasteiger charge is -2.31. The quantitative estimate of drug-likeness (QED) is 0.654. The predicted molar refractivity (Wildman–Crippen MR) is 97.2 cm³/mol. The van der Waals surface area contributed by atoms with Gasteiger partial charge in [-0.25, -0.2) is 0 Å².